The first-order valence-electron chi connectivity index (χ1n) is 5.04. The van der Waals surface area contributed by atoms with Crippen molar-refractivity contribution in [2.24, 2.45) is 0 Å². The maximum absolute atomic E-state index is 5.48. The molecule has 0 radical (unpaired) electrons. The zero-order valence-electron chi connectivity index (χ0n) is 8.62. The molecule has 0 aromatic carbocycles. The van der Waals surface area contributed by atoms with Crippen LogP contribution in [0.5, 0.6) is 0 Å². The molecule has 1 atom stereocenters. The van der Waals surface area contributed by atoms with E-state index in [-0.39, 0.29) is 0 Å². The minimum absolute atomic E-state index is 0.307. The quantitative estimate of drug-likeness (QED) is 0.815. The average Bonchev–Trinajstić information content (AvgIpc) is 2.68. The van der Waals surface area contributed by atoms with Crippen LogP contribution >= 0.6 is 11.8 Å². The van der Waals surface area contributed by atoms with Gasteiger partial charge in [0.1, 0.15) is 6.26 Å². The minimum atomic E-state index is 0.307. The smallest absolute Gasteiger partial charge is 0.212 e. The van der Waals surface area contributed by atoms with E-state index >= 15 is 0 Å². The van der Waals surface area contributed by atoms with Gasteiger partial charge in [-0.3, -0.25) is 0 Å². The molecule has 1 aromatic rings. The molecule has 2 rings (SSSR count). The Bertz CT molecular complexity index is 292. The maximum atomic E-state index is 5.48. The van der Waals surface area contributed by atoms with Crippen LogP contribution in [0.1, 0.15) is 37.4 Å². The van der Waals surface area contributed by atoms with Crippen LogP contribution < -0.4 is 5.32 Å². The van der Waals surface area contributed by atoms with Gasteiger partial charge in [0.2, 0.25) is 5.89 Å². The van der Waals surface area contributed by atoms with E-state index < -0.39 is 0 Å². The Morgan fingerprint density at radius 2 is 2.50 bits per heavy atom. The molecule has 1 fully saturated rings. The third-order valence-corrected chi connectivity index (χ3v) is 3.41. The van der Waals surface area contributed by atoms with Gasteiger partial charge >= 0.3 is 0 Å². The fourth-order valence-electron chi connectivity index (χ4n) is 1.45. The lowest BCUT2D eigenvalue weighted by atomic mass is 10.2. The lowest BCUT2D eigenvalue weighted by molar-refractivity contribution is 0.422. The molecule has 1 aliphatic heterocycles. The summed E-state index contributed by atoms with van der Waals surface area (Å²) in [6.45, 7) is 5.31. The summed E-state index contributed by atoms with van der Waals surface area (Å²) < 4.78 is 5.48. The van der Waals surface area contributed by atoms with E-state index in [1.165, 1.54) is 5.75 Å². The molecule has 1 aromatic heterocycles. The Labute approximate surface area is 88.7 Å². The molecule has 4 heteroatoms. The van der Waals surface area contributed by atoms with Crippen molar-refractivity contribution in [1.82, 2.24) is 10.3 Å². The van der Waals surface area contributed by atoms with E-state index in [0.717, 1.165) is 23.9 Å². The van der Waals surface area contributed by atoms with Gasteiger partial charge in [-0.1, -0.05) is 13.8 Å². The Hall–Kier alpha value is -0.480. The third kappa shape index (κ3) is 2.12. The predicted molar refractivity (Wildman–Crippen MR) is 58.7 cm³/mol. The highest BCUT2D eigenvalue weighted by Crippen LogP contribution is 2.23. The van der Waals surface area contributed by atoms with Crippen LogP contribution in [0.25, 0.3) is 0 Å². The van der Waals surface area contributed by atoms with Crippen molar-refractivity contribution in [3.63, 3.8) is 0 Å². The molecule has 78 valence electrons. The van der Waals surface area contributed by atoms with Crippen LogP contribution in [0.2, 0.25) is 0 Å². The molecule has 14 heavy (non-hydrogen) atoms. The summed E-state index contributed by atoms with van der Waals surface area (Å²) in [4.78, 5) is 4.49. The third-order valence-electron chi connectivity index (χ3n) is 2.35. The standard InChI is InChI=1S/C10H16N2OS/c1-7(2)8-5-13-10(12-8)9-6-14-4-3-11-9/h5,7,9,11H,3-4,6H2,1-2H3. The van der Waals surface area contributed by atoms with Crippen molar-refractivity contribution in [2.75, 3.05) is 18.1 Å². The van der Waals surface area contributed by atoms with E-state index in [1.54, 1.807) is 6.26 Å². The molecule has 1 unspecified atom stereocenters. The van der Waals surface area contributed by atoms with E-state index in [1.807, 2.05) is 11.8 Å². The Morgan fingerprint density at radius 1 is 1.64 bits per heavy atom. The predicted octanol–water partition coefficient (Wildman–Crippen LogP) is 2.18. The highest BCUT2D eigenvalue weighted by molar-refractivity contribution is 7.99. The fourth-order valence-corrected chi connectivity index (χ4v) is 2.37. The molecular weight excluding hydrogens is 196 g/mol. The monoisotopic (exact) mass is 212 g/mol. The van der Waals surface area contributed by atoms with Crippen LogP contribution in [0.4, 0.5) is 0 Å². The van der Waals surface area contributed by atoms with Crippen LogP contribution in [0.3, 0.4) is 0 Å². The van der Waals surface area contributed by atoms with Gasteiger partial charge in [0.05, 0.1) is 11.7 Å². The number of hydrogen-bond acceptors (Lipinski definition) is 4. The number of oxazole rings is 1. The van der Waals surface area contributed by atoms with Gasteiger partial charge in [-0.15, -0.1) is 0 Å². The molecule has 0 saturated carbocycles. The first-order valence-corrected chi connectivity index (χ1v) is 6.19. The number of aromatic nitrogens is 1. The lowest BCUT2D eigenvalue weighted by Crippen LogP contribution is -2.30. The molecule has 1 aliphatic rings. The Balaban J connectivity index is 2.07. The van der Waals surface area contributed by atoms with Crippen molar-refractivity contribution in [3.8, 4) is 0 Å². The lowest BCUT2D eigenvalue weighted by Gasteiger charge is -2.19. The minimum Gasteiger partial charge on any atom is -0.447 e. The van der Waals surface area contributed by atoms with Crippen molar-refractivity contribution in [2.45, 2.75) is 25.8 Å². The number of thioether (sulfide) groups is 1. The summed E-state index contributed by atoms with van der Waals surface area (Å²) in [5.41, 5.74) is 1.05. The normalized spacial score (nSPS) is 22.9. The molecule has 1 saturated heterocycles. The first kappa shape index (κ1) is 10.1. The van der Waals surface area contributed by atoms with Gasteiger partial charge in [0, 0.05) is 18.1 Å². The summed E-state index contributed by atoms with van der Waals surface area (Å²) in [6, 6.07) is 0.307. The van der Waals surface area contributed by atoms with E-state index in [2.05, 4.69) is 24.1 Å². The summed E-state index contributed by atoms with van der Waals surface area (Å²) in [6.07, 6.45) is 1.78. The topological polar surface area (TPSA) is 38.1 Å². The van der Waals surface area contributed by atoms with Gasteiger partial charge in [0.25, 0.3) is 0 Å². The zero-order valence-corrected chi connectivity index (χ0v) is 9.43. The van der Waals surface area contributed by atoms with E-state index in [4.69, 9.17) is 4.42 Å². The van der Waals surface area contributed by atoms with Gasteiger partial charge in [0.15, 0.2) is 0 Å². The fraction of sp³-hybridized carbons (Fsp3) is 0.700. The van der Waals surface area contributed by atoms with Gasteiger partial charge < -0.3 is 9.73 Å². The van der Waals surface area contributed by atoms with Crippen LogP contribution in [-0.4, -0.2) is 23.0 Å². The Kier molecular flexibility index (Phi) is 3.13. The number of hydrogen-bond donors (Lipinski definition) is 1. The second kappa shape index (κ2) is 4.36. The number of nitrogens with zero attached hydrogens (tertiary/aromatic N) is 1. The molecule has 0 bridgehead atoms. The summed E-state index contributed by atoms with van der Waals surface area (Å²) in [5, 5.41) is 3.41. The molecule has 0 aliphatic carbocycles. The molecule has 1 N–H and O–H groups in total. The number of rotatable bonds is 2. The number of nitrogens with one attached hydrogen (secondary N) is 1. The second-order valence-electron chi connectivity index (χ2n) is 3.85. The maximum Gasteiger partial charge on any atom is 0.212 e. The summed E-state index contributed by atoms with van der Waals surface area (Å²) in [5.74, 6) is 3.55. The van der Waals surface area contributed by atoms with Crippen LogP contribution in [-0.2, 0) is 0 Å². The summed E-state index contributed by atoms with van der Waals surface area (Å²) >= 11 is 1.95. The van der Waals surface area contributed by atoms with Crippen molar-refractivity contribution < 1.29 is 4.42 Å². The molecule has 0 spiro atoms. The van der Waals surface area contributed by atoms with Crippen molar-refractivity contribution in [1.29, 1.82) is 0 Å². The highest BCUT2D eigenvalue weighted by atomic mass is 32.2. The summed E-state index contributed by atoms with van der Waals surface area (Å²) in [7, 11) is 0. The second-order valence-corrected chi connectivity index (χ2v) is 5.00. The van der Waals surface area contributed by atoms with E-state index in [0.29, 0.717) is 12.0 Å². The SMILES string of the molecule is CC(C)c1coc(C2CSCCN2)n1. The highest BCUT2D eigenvalue weighted by Gasteiger charge is 2.20. The molecule has 0 amide bonds. The van der Waals surface area contributed by atoms with Crippen molar-refractivity contribution >= 4 is 11.8 Å². The van der Waals surface area contributed by atoms with E-state index in [9.17, 15) is 0 Å². The first-order chi connectivity index (χ1) is 6.77. The largest absolute Gasteiger partial charge is 0.447 e. The zero-order chi connectivity index (χ0) is 9.97. The van der Waals surface area contributed by atoms with Gasteiger partial charge in [-0.05, 0) is 5.92 Å². The van der Waals surface area contributed by atoms with Crippen molar-refractivity contribution in [3.05, 3.63) is 17.8 Å². The Morgan fingerprint density at radius 3 is 3.07 bits per heavy atom. The molecular formula is C10H16N2OS. The van der Waals surface area contributed by atoms with Crippen LogP contribution in [0, 0.1) is 0 Å². The van der Waals surface area contributed by atoms with Gasteiger partial charge in [-0.2, -0.15) is 11.8 Å². The average molecular weight is 212 g/mol. The molecule has 2 heterocycles. The van der Waals surface area contributed by atoms with Gasteiger partial charge in [-0.25, -0.2) is 4.98 Å². The molecule has 3 nitrogen and oxygen atoms in total. The van der Waals surface area contributed by atoms with Crippen LogP contribution in [0.15, 0.2) is 10.7 Å².